The van der Waals surface area contributed by atoms with Crippen molar-refractivity contribution in [2.24, 2.45) is 4.99 Å². The van der Waals surface area contributed by atoms with Gasteiger partial charge in [0.05, 0.1) is 5.69 Å². The van der Waals surface area contributed by atoms with E-state index in [0.29, 0.717) is 25.1 Å². The van der Waals surface area contributed by atoms with Crippen LogP contribution in [0, 0.1) is 5.82 Å². The number of hydrogen-bond donors (Lipinski definition) is 2. The monoisotopic (exact) mass is 481 g/mol. The smallest absolute Gasteiger partial charge is 0.191 e. The Morgan fingerprint density at radius 3 is 2.70 bits per heavy atom. The fraction of sp³-hybridized carbons (Fsp3) is 0.300. The maximum Gasteiger partial charge on any atom is 0.191 e. The van der Waals surface area contributed by atoms with Gasteiger partial charge in [0.25, 0.3) is 0 Å². The van der Waals surface area contributed by atoms with Gasteiger partial charge in [-0.05, 0) is 37.1 Å². The molecule has 0 amide bonds. The van der Waals surface area contributed by atoms with E-state index >= 15 is 0 Å². The lowest BCUT2D eigenvalue weighted by molar-refractivity contribution is 0.606. The maximum absolute atomic E-state index is 13.7. The summed E-state index contributed by atoms with van der Waals surface area (Å²) in [5, 5.41) is 6.47. The van der Waals surface area contributed by atoms with E-state index in [9.17, 15) is 4.39 Å². The van der Waals surface area contributed by atoms with Gasteiger partial charge < -0.3 is 15.0 Å². The molecule has 7 heteroatoms. The Morgan fingerprint density at radius 2 is 1.93 bits per heavy atom. The van der Waals surface area contributed by atoms with Crippen molar-refractivity contribution in [3.05, 3.63) is 71.9 Å². The fourth-order valence-corrected chi connectivity index (χ4v) is 2.75. The van der Waals surface area contributed by atoms with Crippen molar-refractivity contribution in [2.75, 3.05) is 19.6 Å². The molecule has 3 rings (SSSR count). The SMILES string of the molecule is CCNC(=NCCc1cn2ccccc2n1)NCCc1ccccc1F.I. The number of rotatable bonds is 7. The Bertz CT molecular complexity index is 844. The highest BCUT2D eigenvalue weighted by Gasteiger charge is 2.03. The van der Waals surface area contributed by atoms with E-state index in [1.165, 1.54) is 6.07 Å². The summed E-state index contributed by atoms with van der Waals surface area (Å²) in [4.78, 5) is 9.16. The molecule has 1 aromatic carbocycles. The molecule has 0 bridgehead atoms. The van der Waals surface area contributed by atoms with Crippen LogP contribution < -0.4 is 10.6 Å². The molecular weight excluding hydrogens is 456 g/mol. The Balaban J connectivity index is 0.00000261. The molecule has 0 radical (unpaired) electrons. The van der Waals surface area contributed by atoms with Gasteiger partial charge >= 0.3 is 0 Å². The van der Waals surface area contributed by atoms with Gasteiger partial charge in [-0.1, -0.05) is 24.3 Å². The number of aliphatic imine (C=N–C) groups is 1. The van der Waals surface area contributed by atoms with Crippen molar-refractivity contribution >= 4 is 35.6 Å². The Kier molecular flexibility index (Phi) is 8.50. The molecule has 0 fully saturated rings. The first-order valence-corrected chi connectivity index (χ1v) is 8.94. The van der Waals surface area contributed by atoms with E-state index in [-0.39, 0.29) is 29.8 Å². The first kappa shape index (κ1) is 21.1. The number of nitrogens with zero attached hydrogens (tertiary/aromatic N) is 3. The van der Waals surface area contributed by atoms with Crippen LogP contribution in [-0.2, 0) is 12.8 Å². The topological polar surface area (TPSA) is 53.7 Å². The molecule has 0 aliphatic rings. The summed E-state index contributed by atoms with van der Waals surface area (Å²) in [6, 6.07) is 12.8. The van der Waals surface area contributed by atoms with Crippen molar-refractivity contribution in [1.82, 2.24) is 20.0 Å². The lowest BCUT2D eigenvalue weighted by Crippen LogP contribution is -2.38. The number of nitrogens with one attached hydrogen (secondary N) is 2. The third kappa shape index (κ3) is 6.20. The third-order valence-corrected chi connectivity index (χ3v) is 4.04. The second-order valence-corrected chi connectivity index (χ2v) is 5.98. The molecule has 5 nitrogen and oxygen atoms in total. The molecule has 0 aliphatic carbocycles. The number of hydrogen-bond acceptors (Lipinski definition) is 2. The average molecular weight is 481 g/mol. The zero-order valence-electron chi connectivity index (χ0n) is 15.4. The molecule has 0 aliphatic heterocycles. The summed E-state index contributed by atoms with van der Waals surface area (Å²) >= 11 is 0. The predicted octanol–water partition coefficient (Wildman–Crippen LogP) is 3.43. The molecule has 2 heterocycles. The Morgan fingerprint density at radius 1 is 1.11 bits per heavy atom. The number of aromatic nitrogens is 2. The van der Waals surface area contributed by atoms with E-state index in [4.69, 9.17) is 0 Å². The van der Waals surface area contributed by atoms with Crippen LogP contribution in [0.5, 0.6) is 0 Å². The van der Waals surface area contributed by atoms with Crippen molar-refractivity contribution in [3.63, 3.8) is 0 Å². The van der Waals surface area contributed by atoms with Crippen LogP contribution in [0.2, 0.25) is 0 Å². The van der Waals surface area contributed by atoms with Gasteiger partial charge in [-0.2, -0.15) is 0 Å². The van der Waals surface area contributed by atoms with E-state index in [0.717, 1.165) is 30.3 Å². The summed E-state index contributed by atoms with van der Waals surface area (Å²) in [6.07, 6.45) is 5.40. The molecule has 0 saturated carbocycles. The highest BCUT2D eigenvalue weighted by molar-refractivity contribution is 14.0. The molecule has 0 spiro atoms. The minimum atomic E-state index is -0.164. The van der Waals surface area contributed by atoms with Gasteiger partial charge in [-0.25, -0.2) is 9.37 Å². The van der Waals surface area contributed by atoms with Crippen molar-refractivity contribution in [3.8, 4) is 0 Å². The predicted molar refractivity (Wildman–Crippen MR) is 118 cm³/mol. The lowest BCUT2D eigenvalue weighted by atomic mass is 10.1. The second kappa shape index (κ2) is 10.9. The van der Waals surface area contributed by atoms with E-state index in [1.54, 1.807) is 6.07 Å². The molecule has 0 unspecified atom stereocenters. The van der Waals surface area contributed by atoms with Crippen LogP contribution in [0.4, 0.5) is 4.39 Å². The average Bonchev–Trinajstić information content (AvgIpc) is 3.06. The van der Waals surface area contributed by atoms with E-state index in [1.807, 2.05) is 54.0 Å². The molecule has 0 saturated heterocycles. The minimum absolute atomic E-state index is 0. The molecule has 3 aromatic rings. The van der Waals surface area contributed by atoms with Crippen LogP contribution in [0.3, 0.4) is 0 Å². The summed E-state index contributed by atoms with van der Waals surface area (Å²) in [7, 11) is 0. The first-order chi connectivity index (χ1) is 12.8. The summed E-state index contributed by atoms with van der Waals surface area (Å²) in [5.74, 6) is 0.579. The Labute approximate surface area is 176 Å². The molecule has 2 N–H and O–H groups in total. The number of pyridine rings is 1. The maximum atomic E-state index is 13.7. The third-order valence-electron chi connectivity index (χ3n) is 4.04. The fourth-order valence-electron chi connectivity index (χ4n) is 2.75. The van der Waals surface area contributed by atoms with Gasteiger partial charge in [-0.15, -0.1) is 24.0 Å². The standard InChI is InChI=1S/C20H24FN5.HI/c1-2-22-20(23-12-10-16-7-3-4-8-18(16)21)24-13-11-17-15-26-14-6-5-9-19(26)25-17;/h3-9,14-15H,2,10-13H2,1H3,(H2,22,23,24);1H. The van der Waals surface area contributed by atoms with Crippen molar-refractivity contribution < 1.29 is 4.39 Å². The lowest BCUT2D eigenvalue weighted by Gasteiger charge is -2.11. The number of imidazole rings is 1. The van der Waals surface area contributed by atoms with E-state index in [2.05, 4.69) is 20.6 Å². The van der Waals surface area contributed by atoms with Crippen LogP contribution in [0.15, 0.2) is 59.9 Å². The first-order valence-electron chi connectivity index (χ1n) is 8.94. The van der Waals surface area contributed by atoms with Gasteiger partial charge in [0, 0.05) is 38.4 Å². The second-order valence-electron chi connectivity index (χ2n) is 5.98. The minimum Gasteiger partial charge on any atom is -0.357 e. The Hall–Kier alpha value is -2.16. The number of guanidine groups is 1. The summed E-state index contributed by atoms with van der Waals surface area (Å²) in [5.41, 5.74) is 2.67. The van der Waals surface area contributed by atoms with Gasteiger partial charge in [0.1, 0.15) is 11.5 Å². The van der Waals surface area contributed by atoms with Gasteiger partial charge in [0.2, 0.25) is 0 Å². The molecule has 144 valence electrons. The summed E-state index contributed by atoms with van der Waals surface area (Å²) in [6.45, 7) is 4.07. The number of benzene rings is 1. The van der Waals surface area contributed by atoms with Crippen LogP contribution >= 0.6 is 24.0 Å². The molecule has 2 aromatic heterocycles. The van der Waals surface area contributed by atoms with Gasteiger partial charge in [-0.3, -0.25) is 4.99 Å². The largest absolute Gasteiger partial charge is 0.357 e. The molecule has 27 heavy (non-hydrogen) atoms. The zero-order chi connectivity index (χ0) is 18.2. The summed E-state index contributed by atoms with van der Waals surface area (Å²) < 4.78 is 15.7. The number of halogens is 2. The zero-order valence-corrected chi connectivity index (χ0v) is 17.7. The molecule has 0 atom stereocenters. The molecular formula is C20H25FIN5. The highest BCUT2D eigenvalue weighted by atomic mass is 127. The van der Waals surface area contributed by atoms with E-state index < -0.39 is 0 Å². The van der Waals surface area contributed by atoms with Crippen molar-refractivity contribution in [2.45, 2.75) is 19.8 Å². The van der Waals surface area contributed by atoms with Crippen LogP contribution in [0.25, 0.3) is 5.65 Å². The number of fused-ring (bicyclic) bond motifs is 1. The van der Waals surface area contributed by atoms with Crippen LogP contribution in [-0.4, -0.2) is 35.0 Å². The highest BCUT2D eigenvalue weighted by Crippen LogP contribution is 2.06. The normalized spacial score (nSPS) is 11.3. The van der Waals surface area contributed by atoms with Crippen molar-refractivity contribution in [1.29, 1.82) is 0 Å². The van der Waals surface area contributed by atoms with Gasteiger partial charge in [0.15, 0.2) is 5.96 Å². The quantitative estimate of drug-likeness (QED) is 0.309. The van der Waals surface area contributed by atoms with Crippen LogP contribution in [0.1, 0.15) is 18.2 Å².